The van der Waals surface area contributed by atoms with E-state index in [1.807, 2.05) is 58.0 Å². The summed E-state index contributed by atoms with van der Waals surface area (Å²) in [6, 6.07) is 9.22. The van der Waals surface area contributed by atoms with Crippen molar-refractivity contribution < 1.29 is 19.1 Å². The molecule has 0 aromatic heterocycles. The van der Waals surface area contributed by atoms with Crippen LogP contribution < -0.4 is 5.32 Å². The second kappa shape index (κ2) is 8.92. The third-order valence-corrected chi connectivity index (χ3v) is 4.31. The van der Waals surface area contributed by atoms with Crippen LogP contribution in [-0.4, -0.2) is 41.3 Å². The van der Waals surface area contributed by atoms with Crippen LogP contribution in [0.5, 0.6) is 0 Å². The molecule has 0 radical (unpaired) electrons. The number of nitrogens with zero attached hydrogens (tertiary/aromatic N) is 1. The highest BCUT2D eigenvalue weighted by Gasteiger charge is 2.34. The fraction of sp³-hybridized carbons (Fsp3) is 0.600. The van der Waals surface area contributed by atoms with E-state index in [9.17, 15) is 9.59 Å². The smallest absolute Gasteiger partial charge is 0.410 e. The lowest BCUT2D eigenvalue weighted by Crippen LogP contribution is -2.55. The number of alkyl carbamates (subject to hydrolysis) is 1. The molecular weight excluding hydrogens is 332 g/mol. The largest absolute Gasteiger partial charge is 0.445 e. The molecule has 6 heteroatoms. The van der Waals surface area contributed by atoms with Gasteiger partial charge in [0.1, 0.15) is 12.2 Å². The fourth-order valence-corrected chi connectivity index (χ4v) is 3.07. The van der Waals surface area contributed by atoms with Crippen LogP contribution in [-0.2, 0) is 16.1 Å². The molecule has 1 saturated heterocycles. The minimum absolute atomic E-state index is 0.0946. The minimum atomic E-state index is -0.537. The highest BCUT2D eigenvalue weighted by Crippen LogP contribution is 2.22. The molecule has 2 amide bonds. The molecule has 6 nitrogen and oxygen atoms in total. The zero-order valence-corrected chi connectivity index (χ0v) is 16.2. The van der Waals surface area contributed by atoms with Gasteiger partial charge in [0.15, 0.2) is 0 Å². The third-order valence-electron chi connectivity index (χ3n) is 4.31. The summed E-state index contributed by atoms with van der Waals surface area (Å²) < 4.78 is 10.8. The molecule has 1 fully saturated rings. The molecule has 1 aromatic carbocycles. The maximum absolute atomic E-state index is 12.5. The van der Waals surface area contributed by atoms with Gasteiger partial charge < -0.3 is 19.7 Å². The predicted molar refractivity (Wildman–Crippen MR) is 99.8 cm³/mol. The first-order valence-electron chi connectivity index (χ1n) is 9.23. The predicted octanol–water partition coefficient (Wildman–Crippen LogP) is 4.09. The standard InChI is InChI=1S/C20H30N2O4/c1-15(21-18(23)25-14-16-10-6-5-7-11-16)17-12-8-9-13-22(17)19(24)26-20(2,3)4/h5-7,10-11,15,17H,8-9,12-14H2,1-4H3,(H,21,23)/t15-,17-/m0/s1. The van der Waals surface area contributed by atoms with Crippen LogP contribution in [0.3, 0.4) is 0 Å². The van der Waals surface area contributed by atoms with Crippen molar-refractivity contribution in [1.29, 1.82) is 0 Å². The van der Waals surface area contributed by atoms with Crippen molar-refractivity contribution in [2.75, 3.05) is 6.54 Å². The number of nitrogens with one attached hydrogen (secondary N) is 1. The second-order valence-electron chi connectivity index (χ2n) is 7.73. The van der Waals surface area contributed by atoms with Crippen molar-refractivity contribution in [1.82, 2.24) is 10.2 Å². The Labute approximate surface area is 155 Å². The summed E-state index contributed by atoms with van der Waals surface area (Å²) in [4.78, 5) is 26.3. The maximum atomic E-state index is 12.5. The molecule has 1 heterocycles. The molecule has 1 aliphatic rings. The van der Waals surface area contributed by atoms with Crippen molar-refractivity contribution in [3.05, 3.63) is 35.9 Å². The van der Waals surface area contributed by atoms with Crippen LogP contribution in [0.1, 0.15) is 52.5 Å². The first-order chi connectivity index (χ1) is 12.3. The molecule has 26 heavy (non-hydrogen) atoms. The number of amides is 2. The van der Waals surface area contributed by atoms with E-state index >= 15 is 0 Å². The molecular formula is C20H30N2O4. The Bertz CT molecular complexity index is 598. The van der Waals surface area contributed by atoms with Crippen LogP contribution in [0.15, 0.2) is 30.3 Å². The van der Waals surface area contributed by atoms with Gasteiger partial charge in [0.2, 0.25) is 0 Å². The summed E-state index contributed by atoms with van der Waals surface area (Å²) in [5.74, 6) is 0. The number of rotatable bonds is 4. The van der Waals surface area contributed by atoms with E-state index in [0.717, 1.165) is 24.8 Å². The van der Waals surface area contributed by atoms with Crippen LogP contribution >= 0.6 is 0 Å². The van der Waals surface area contributed by atoms with Crippen LogP contribution in [0.25, 0.3) is 0 Å². The first-order valence-corrected chi connectivity index (χ1v) is 9.23. The van der Waals surface area contributed by atoms with Gasteiger partial charge in [0.25, 0.3) is 0 Å². The lowest BCUT2D eigenvalue weighted by molar-refractivity contribution is 0.00528. The van der Waals surface area contributed by atoms with Crippen molar-refractivity contribution >= 4 is 12.2 Å². The van der Waals surface area contributed by atoms with E-state index in [1.54, 1.807) is 4.90 Å². The number of carbonyl (C=O) groups is 2. The zero-order valence-electron chi connectivity index (χ0n) is 16.2. The molecule has 0 unspecified atom stereocenters. The van der Waals surface area contributed by atoms with Crippen LogP contribution in [0, 0.1) is 0 Å². The molecule has 144 valence electrons. The Morgan fingerprint density at radius 2 is 1.92 bits per heavy atom. The SMILES string of the molecule is C[C@H](NC(=O)OCc1ccccc1)[C@@H]1CCCCN1C(=O)OC(C)(C)C. The van der Waals surface area contributed by atoms with Gasteiger partial charge in [-0.05, 0) is 52.5 Å². The van der Waals surface area contributed by atoms with Crippen molar-refractivity contribution in [2.24, 2.45) is 0 Å². The summed E-state index contributed by atoms with van der Waals surface area (Å²) in [5.41, 5.74) is 0.396. The topological polar surface area (TPSA) is 67.9 Å². The van der Waals surface area contributed by atoms with Crippen molar-refractivity contribution in [3.63, 3.8) is 0 Å². The summed E-state index contributed by atoms with van der Waals surface area (Å²) in [6.45, 7) is 8.33. The number of carbonyl (C=O) groups excluding carboxylic acids is 2. The van der Waals surface area contributed by atoms with Crippen LogP contribution in [0.4, 0.5) is 9.59 Å². The van der Waals surface area contributed by atoms with Crippen LogP contribution in [0.2, 0.25) is 0 Å². The first kappa shape index (κ1) is 20.1. The monoisotopic (exact) mass is 362 g/mol. The summed E-state index contributed by atoms with van der Waals surface area (Å²) >= 11 is 0. The Kier molecular flexibility index (Phi) is 6.89. The quantitative estimate of drug-likeness (QED) is 0.876. The molecule has 1 aliphatic heterocycles. The average Bonchev–Trinajstić information content (AvgIpc) is 2.59. The summed E-state index contributed by atoms with van der Waals surface area (Å²) in [5, 5.41) is 2.86. The Balaban J connectivity index is 1.89. The van der Waals surface area contributed by atoms with E-state index in [4.69, 9.17) is 9.47 Å². The molecule has 1 aromatic rings. The van der Waals surface area contributed by atoms with E-state index in [-0.39, 0.29) is 24.8 Å². The Hall–Kier alpha value is -2.24. The van der Waals surface area contributed by atoms with Gasteiger partial charge in [-0.2, -0.15) is 0 Å². The highest BCUT2D eigenvalue weighted by molar-refractivity contribution is 5.70. The van der Waals surface area contributed by atoms with Gasteiger partial charge in [-0.3, -0.25) is 0 Å². The molecule has 0 saturated carbocycles. The van der Waals surface area contributed by atoms with Crippen molar-refractivity contribution in [2.45, 2.75) is 71.2 Å². The number of likely N-dealkylation sites (tertiary alicyclic amines) is 1. The fourth-order valence-electron chi connectivity index (χ4n) is 3.07. The molecule has 2 atom stereocenters. The maximum Gasteiger partial charge on any atom is 0.410 e. The van der Waals surface area contributed by atoms with Gasteiger partial charge in [-0.1, -0.05) is 30.3 Å². The third kappa shape index (κ3) is 6.24. The minimum Gasteiger partial charge on any atom is -0.445 e. The number of benzene rings is 1. The number of piperidine rings is 1. The van der Waals surface area contributed by atoms with E-state index < -0.39 is 11.7 Å². The molecule has 0 spiro atoms. The number of hydrogen-bond donors (Lipinski definition) is 1. The summed E-state index contributed by atoms with van der Waals surface area (Å²) in [6.07, 6.45) is 2.00. The van der Waals surface area contributed by atoms with Gasteiger partial charge >= 0.3 is 12.2 Å². The van der Waals surface area contributed by atoms with Gasteiger partial charge in [-0.15, -0.1) is 0 Å². The lowest BCUT2D eigenvalue weighted by atomic mass is 9.97. The zero-order chi connectivity index (χ0) is 19.2. The lowest BCUT2D eigenvalue weighted by Gasteiger charge is -2.39. The summed E-state index contributed by atoms with van der Waals surface area (Å²) in [7, 11) is 0. The normalized spacial score (nSPS) is 18.8. The van der Waals surface area contributed by atoms with Crippen molar-refractivity contribution in [3.8, 4) is 0 Å². The van der Waals surface area contributed by atoms with E-state index in [1.165, 1.54) is 0 Å². The average molecular weight is 362 g/mol. The molecule has 0 aliphatic carbocycles. The van der Waals surface area contributed by atoms with Gasteiger partial charge in [0.05, 0.1) is 6.04 Å². The van der Waals surface area contributed by atoms with E-state index in [2.05, 4.69) is 5.32 Å². The number of ether oxygens (including phenoxy) is 2. The number of hydrogen-bond acceptors (Lipinski definition) is 4. The van der Waals surface area contributed by atoms with Gasteiger partial charge in [-0.25, -0.2) is 9.59 Å². The Morgan fingerprint density at radius 3 is 2.58 bits per heavy atom. The Morgan fingerprint density at radius 1 is 1.23 bits per heavy atom. The van der Waals surface area contributed by atoms with Gasteiger partial charge in [0, 0.05) is 12.6 Å². The molecule has 0 bridgehead atoms. The molecule has 2 rings (SSSR count). The second-order valence-corrected chi connectivity index (χ2v) is 7.73. The molecule has 1 N–H and O–H groups in total. The van der Waals surface area contributed by atoms with E-state index in [0.29, 0.717) is 6.54 Å². The highest BCUT2D eigenvalue weighted by atomic mass is 16.6.